The third-order valence-corrected chi connectivity index (χ3v) is 8.62. The summed E-state index contributed by atoms with van der Waals surface area (Å²) < 4.78 is 7.09. The first kappa shape index (κ1) is 31.0. The van der Waals surface area contributed by atoms with Gasteiger partial charge in [-0.15, -0.1) is 5.10 Å². The van der Waals surface area contributed by atoms with Crippen LogP contribution in [0.2, 0.25) is 0 Å². The molecule has 5 aromatic rings. The van der Waals surface area contributed by atoms with Crippen LogP contribution in [0.1, 0.15) is 48.1 Å². The molecule has 1 aromatic heterocycles. The topological polar surface area (TPSA) is 92.6 Å². The highest BCUT2D eigenvalue weighted by Crippen LogP contribution is 2.29. The van der Waals surface area contributed by atoms with Gasteiger partial charge in [0.05, 0.1) is 18.7 Å². The first-order chi connectivity index (χ1) is 22.4. The number of hydrogen-bond acceptors (Lipinski definition) is 6. The summed E-state index contributed by atoms with van der Waals surface area (Å²) in [5, 5.41) is 11.6. The molecule has 9 nitrogen and oxygen atoms in total. The molecule has 0 aliphatic carbocycles. The molecule has 1 saturated heterocycles. The van der Waals surface area contributed by atoms with Crippen LogP contribution < -0.4 is 10.2 Å². The Labute approximate surface area is 269 Å². The largest absolute Gasteiger partial charge is 0.378 e. The van der Waals surface area contributed by atoms with Crippen molar-refractivity contribution in [2.45, 2.75) is 45.8 Å². The zero-order valence-corrected chi connectivity index (χ0v) is 26.6. The predicted molar refractivity (Wildman–Crippen MR) is 181 cm³/mol. The average molecular weight is 617 g/mol. The molecule has 1 aliphatic rings. The molecule has 6 rings (SSSR count). The van der Waals surface area contributed by atoms with Crippen molar-refractivity contribution in [2.75, 3.05) is 36.5 Å². The Balaban J connectivity index is 1.36. The Morgan fingerprint density at radius 3 is 2.26 bits per heavy atom. The van der Waals surface area contributed by atoms with Crippen molar-refractivity contribution in [3.8, 4) is 0 Å². The van der Waals surface area contributed by atoms with E-state index in [1.807, 2.05) is 104 Å². The fourth-order valence-corrected chi connectivity index (χ4v) is 5.87. The van der Waals surface area contributed by atoms with Crippen LogP contribution in [0.25, 0.3) is 11.0 Å². The Morgan fingerprint density at radius 1 is 0.870 bits per heavy atom. The number of aromatic nitrogens is 3. The summed E-state index contributed by atoms with van der Waals surface area (Å²) in [6.07, 6.45) is 0. The van der Waals surface area contributed by atoms with E-state index < -0.39 is 6.04 Å². The van der Waals surface area contributed by atoms with Gasteiger partial charge in [0.1, 0.15) is 18.1 Å². The van der Waals surface area contributed by atoms with Gasteiger partial charge in [0.15, 0.2) is 0 Å². The smallest absolute Gasteiger partial charge is 0.251 e. The number of amides is 2. The minimum atomic E-state index is -0.901. The molecule has 46 heavy (non-hydrogen) atoms. The molecule has 1 N–H and O–H groups in total. The van der Waals surface area contributed by atoms with Crippen LogP contribution in [0.4, 0.5) is 11.4 Å². The number of rotatable bonds is 10. The highest BCUT2D eigenvalue weighted by atomic mass is 16.5. The van der Waals surface area contributed by atoms with E-state index >= 15 is 0 Å². The second kappa shape index (κ2) is 14.0. The number of ether oxygens (including phenoxy) is 1. The molecule has 0 unspecified atom stereocenters. The SMILES string of the molecule is Cc1ccccc1CN(C(=O)Cn1nnc2ccccc21)[C@H](C(=O)Nc1ccc(N2CCOCC2)cc1)c1ccc(C(C)C)cc1. The van der Waals surface area contributed by atoms with Gasteiger partial charge in [-0.2, -0.15) is 0 Å². The first-order valence-electron chi connectivity index (χ1n) is 15.8. The Morgan fingerprint density at radius 2 is 1.54 bits per heavy atom. The quantitative estimate of drug-likeness (QED) is 0.204. The first-order valence-corrected chi connectivity index (χ1v) is 15.8. The normalized spacial score (nSPS) is 14.0. The van der Waals surface area contributed by atoms with Crippen molar-refractivity contribution in [3.05, 3.63) is 119 Å². The molecule has 1 fully saturated rings. The lowest BCUT2D eigenvalue weighted by Gasteiger charge is -2.32. The van der Waals surface area contributed by atoms with Gasteiger partial charge in [0.25, 0.3) is 5.91 Å². The number of para-hydroxylation sites is 1. The number of benzene rings is 4. The summed E-state index contributed by atoms with van der Waals surface area (Å²) in [6, 6.07) is 30.5. The van der Waals surface area contributed by atoms with Crippen LogP contribution in [-0.2, 0) is 27.4 Å². The van der Waals surface area contributed by atoms with Crippen molar-refractivity contribution in [3.63, 3.8) is 0 Å². The summed E-state index contributed by atoms with van der Waals surface area (Å²) >= 11 is 0. The number of nitrogens with zero attached hydrogens (tertiary/aromatic N) is 5. The van der Waals surface area contributed by atoms with Crippen LogP contribution in [0, 0.1) is 6.92 Å². The van der Waals surface area contributed by atoms with Crippen LogP contribution in [0.3, 0.4) is 0 Å². The number of morpholine rings is 1. The molecule has 0 saturated carbocycles. The molecule has 0 bridgehead atoms. The van der Waals surface area contributed by atoms with E-state index in [1.54, 1.807) is 9.58 Å². The van der Waals surface area contributed by atoms with Crippen molar-refractivity contribution in [1.82, 2.24) is 19.9 Å². The highest BCUT2D eigenvalue weighted by Gasteiger charge is 2.33. The lowest BCUT2D eigenvalue weighted by atomic mass is 9.97. The van der Waals surface area contributed by atoms with Gasteiger partial charge in [0, 0.05) is 31.0 Å². The Hall–Kier alpha value is -5.02. The predicted octanol–water partition coefficient (Wildman–Crippen LogP) is 6.11. The van der Waals surface area contributed by atoms with Gasteiger partial charge in [-0.25, -0.2) is 4.68 Å². The van der Waals surface area contributed by atoms with E-state index in [1.165, 1.54) is 0 Å². The van der Waals surface area contributed by atoms with Crippen molar-refractivity contribution in [2.24, 2.45) is 0 Å². The number of carbonyl (C=O) groups excluding carboxylic acids is 2. The standard InChI is InChI=1S/C37H40N6O3/c1-26(2)28-12-14-29(15-13-28)36(37(45)38-31-16-18-32(19-17-31)41-20-22-46-23-21-41)42(24-30-9-5-4-8-27(30)3)35(44)25-43-34-11-7-6-10-33(34)39-40-43/h4-19,26,36H,20-25H2,1-3H3,(H,38,45)/t36-/m0/s1. The second-order valence-electron chi connectivity index (χ2n) is 12.0. The zero-order chi connectivity index (χ0) is 32.0. The monoisotopic (exact) mass is 616 g/mol. The Kier molecular flexibility index (Phi) is 9.40. The van der Waals surface area contributed by atoms with Crippen LogP contribution >= 0.6 is 0 Å². The van der Waals surface area contributed by atoms with Gasteiger partial charge in [-0.05, 0) is 71.5 Å². The molecule has 4 aromatic carbocycles. The Bertz CT molecular complexity index is 1790. The van der Waals surface area contributed by atoms with Gasteiger partial charge < -0.3 is 19.9 Å². The van der Waals surface area contributed by atoms with E-state index in [-0.39, 0.29) is 24.9 Å². The summed E-state index contributed by atoms with van der Waals surface area (Å²) in [5.74, 6) is -0.201. The number of nitrogens with one attached hydrogen (secondary N) is 1. The van der Waals surface area contributed by atoms with E-state index in [0.717, 1.165) is 46.5 Å². The minimum Gasteiger partial charge on any atom is -0.378 e. The fraction of sp³-hybridized carbons (Fsp3) is 0.297. The average Bonchev–Trinajstić information content (AvgIpc) is 3.48. The van der Waals surface area contributed by atoms with E-state index in [4.69, 9.17) is 4.74 Å². The lowest BCUT2D eigenvalue weighted by Crippen LogP contribution is -2.42. The molecule has 0 spiro atoms. The number of hydrogen-bond donors (Lipinski definition) is 1. The molecule has 2 amide bonds. The summed E-state index contributed by atoms with van der Waals surface area (Å²) in [4.78, 5) is 32.7. The summed E-state index contributed by atoms with van der Waals surface area (Å²) in [7, 11) is 0. The minimum absolute atomic E-state index is 0.0610. The van der Waals surface area contributed by atoms with Crippen molar-refractivity contribution < 1.29 is 14.3 Å². The van der Waals surface area contributed by atoms with E-state index in [9.17, 15) is 9.59 Å². The van der Waals surface area contributed by atoms with Gasteiger partial charge >= 0.3 is 0 Å². The van der Waals surface area contributed by atoms with Crippen LogP contribution in [0.5, 0.6) is 0 Å². The van der Waals surface area contributed by atoms with Crippen molar-refractivity contribution in [1.29, 1.82) is 0 Å². The summed E-state index contributed by atoms with van der Waals surface area (Å²) in [5.41, 5.74) is 7.11. The number of carbonyl (C=O) groups is 2. The van der Waals surface area contributed by atoms with Crippen LogP contribution in [-0.4, -0.2) is 58.0 Å². The highest BCUT2D eigenvalue weighted by molar-refractivity contribution is 5.98. The van der Waals surface area contributed by atoms with E-state index in [2.05, 4.69) is 34.4 Å². The van der Waals surface area contributed by atoms with E-state index in [0.29, 0.717) is 30.3 Å². The maximum Gasteiger partial charge on any atom is 0.251 e. The molecule has 9 heteroatoms. The maximum atomic E-state index is 14.4. The molecule has 236 valence electrons. The zero-order valence-electron chi connectivity index (χ0n) is 26.6. The van der Waals surface area contributed by atoms with Gasteiger partial charge in [0.2, 0.25) is 5.91 Å². The summed E-state index contributed by atoms with van der Waals surface area (Å²) in [6.45, 7) is 9.54. The molecule has 2 heterocycles. The molecular formula is C37H40N6O3. The second-order valence-corrected chi connectivity index (χ2v) is 12.0. The van der Waals surface area contributed by atoms with Crippen molar-refractivity contribution >= 4 is 34.2 Å². The fourth-order valence-electron chi connectivity index (χ4n) is 5.87. The number of anilines is 2. The number of fused-ring (bicyclic) bond motifs is 1. The third kappa shape index (κ3) is 6.94. The molecule has 1 atom stereocenters. The number of aryl methyl sites for hydroxylation is 1. The maximum absolute atomic E-state index is 14.4. The van der Waals surface area contributed by atoms with Gasteiger partial charge in [-0.3, -0.25) is 9.59 Å². The molecular weight excluding hydrogens is 576 g/mol. The van der Waals surface area contributed by atoms with Gasteiger partial charge in [-0.1, -0.05) is 79.7 Å². The third-order valence-electron chi connectivity index (χ3n) is 8.62. The lowest BCUT2D eigenvalue weighted by molar-refractivity contribution is -0.140. The van der Waals surface area contributed by atoms with Crippen LogP contribution in [0.15, 0.2) is 97.1 Å². The molecule has 1 aliphatic heterocycles. The molecule has 0 radical (unpaired) electrons.